The number of carbonyl (C=O) groups is 1. The van der Waals surface area contributed by atoms with Crippen molar-refractivity contribution in [2.24, 2.45) is 0 Å². The Balaban J connectivity index is 1.96. The lowest BCUT2D eigenvalue weighted by Crippen LogP contribution is -2.30. The van der Waals surface area contributed by atoms with Crippen LogP contribution in [0.2, 0.25) is 5.02 Å². The molecule has 0 saturated heterocycles. The molecule has 1 N–H and O–H groups in total. The largest absolute Gasteiger partial charge is 0.481 e. The number of ether oxygens (including phenoxy) is 1. The molecule has 0 bridgehead atoms. The van der Waals surface area contributed by atoms with Crippen molar-refractivity contribution in [3.8, 4) is 5.75 Å². The molecule has 4 heteroatoms. The smallest absolute Gasteiger partial charge is 0.265 e. The number of carbonyl (C=O) groups excluding carboxylic acids is 1. The van der Waals surface area contributed by atoms with Crippen molar-refractivity contribution >= 4 is 23.2 Å². The summed E-state index contributed by atoms with van der Waals surface area (Å²) in [4.78, 5) is 12.0. The van der Waals surface area contributed by atoms with Gasteiger partial charge in [-0.3, -0.25) is 4.79 Å². The first-order valence-corrected chi connectivity index (χ1v) is 6.72. The maximum absolute atomic E-state index is 12.0. The lowest BCUT2D eigenvalue weighted by atomic mass is 10.2. The second-order valence-corrected chi connectivity index (χ2v) is 5.01. The third-order valence-electron chi connectivity index (χ3n) is 2.78. The third-order valence-corrected chi connectivity index (χ3v) is 3.03. The summed E-state index contributed by atoms with van der Waals surface area (Å²) in [6.45, 7) is 3.68. The molecule has 20 heavy (non-hydrogen) atoms. The van der Waals surface area contributed by atoms with Crippen LogP contribution in [0.25, 0.3) is 0 Å². The summed E-state index contributed by atoms with van der Waals surface area (Å²) in [7, 11) is 0. The van der Waals surface area contributed by atoms with E-state index in [0.29, 0.717) is 10.8 Å². The fourth-order valence-corrected chi connectivity index (χ4v) is 1.86. The van der Waals surface area contributed by atoms with Gasteiger partial charge in [-0.05, 0) is 55.8 Å². The van der Waals surface area contributed by atoms with Crippen molar-refractivity contribution in [3.05, 3.63) is 59.1 Å². The molecule has 1 amide bonds. The van der Waals surface area contributed by atoms with E-state index in [1.807, 2.05) is 31.2 Å². The van der Waals surface area contributed by atoms with Crippen LogP contribution in [-0.4, -0.2) is 12.0 Å². The Morgan fingerprint density at radius 1 is 1.20 bits per heavy atom. The minimum atomic E-state index is -0.586. The van der Waals surface area contributed by atoms with Gasteiger partial charge in [0.25, 0.3) is 5.91 Å². The van der Waals surface area contributed by atoms with Crippen LogP contribution in [0.1, 0.15) is 12.5 Å². The van der Waals surface area contributed by atoms with E-state index in [1.165, 1.54) is 0 Å². The molecular weight excluding hydrogens is 274 g/mol. The van der Waals surface area contributed by atoms with E-state index >= 15 is 0 Å². The molecule has 0 heterocycles. The third kappa shape index (κ3) is 4.00. The Bertz CT molecular complexity index is 596. The highest BCUT2D eigenvalue weighted by atomic mass is 35.5. The van der Waals surface area contributed by atoms with Crippen LogP contribution in [0.15, 0.2) is 48.5 Å². The van der Waals surface area contributed by atoms with Crippen LogP contribution < -0.4 is 10.1 Å². The highest BCUT2D eigenvalue weighted by molar-refractivity contribution is 6.30. The lowest BCUT2D eigenvalue weighted by molar-refractivity contribution is -0.122. The first kappa shape index (κ1) is 14.4. The van der Waals surface area contributed by atoms with Gasteiger partial charge in [0.2, 0.25) is 0 Å². The van der Waals surface area contributed by atoms with E-state index < -0.39 is 6.10 Å². The molecule has 0 fully saturated rings. The number of nitrogens with one attached hydrogen (secondary N) is 1. The van der Waals surface area contributed by atoms with E-state index in [0.717, 1.165) is 11.3 Å². The number of hydrogen-bond acceptors (Lipinski definition) is 2. The Morgan fingerprint density at radius 2 is 1.90 bits per heavy atom. The van der Waals surface area contributed by atoms with Crippen LogP contribution in [-0.2, 0) is 4.79 Å². The van der Waals surface area contributed by atoms with Gasteiger partial charge in [-0.15, -0.1) is 0 Å². The monoisotopic (exact) mass is 289 g/mol. The normalized spacial score (nSPS) is 11.8. The first-order valence-electron chi connectivity index (χ1n) is 6.34. The van der Waals surface area contributed by atoms with Gasteiger partial charge in [-0.2, -0.15) is 0 Å². The topological polar surface area (TPSA) is 38.3 Å². The number of halogens is 1. The predicted molar refractivity (Wildman–Crippen MR) is 81.4 cm³/mol. The van der Waals surface area contributed by atoms with E-state index in [1.54, 1.807) is 31.2 Å². The molecule has 1 atom stereocenters. The van der Waals surface area contributed by atoms with Crippen molar-refractivity contribution in [3.63, 3.8) is 0 Å². The second-order valence-electron chi connectivity index (χ2n) is 4.57. The zero-order valence-electron chi connectivity index (χ0n) is 11.4. The van der Waals surface area contributed by atoms with Gasteiger partial charge >= 0.3 is 0 Å². The molecule has 0 aliphatic carbocycles. The molecule has 0 aliphatic rings. The number of anilines is 1. The standard InChI is InChI=1S/C16H16ClNO2/c1-11-4-3-5-14(10-11)18-16(19)12(2)20-15-8-6-13(17)7-9-15/h3-10,12H,1-2H3,(H,18,19). The molecule has 1 unspecified atom stereocenters. The highest BCUT2D eigenvalue weighted by Crippen LogP contribution is 2.17. The molecule has 104 valence electrons. The molecule has 2 rings (SSSR count). The van der Waals surface area contributed by atoms with Gasteiger partial charge in [0.05, 0.1) is 0 Å². The summed E-state index contributed by atoms with van der Waals surface area (Å²) in [6, 6.07) is 14.5. The summed E-state index contributed by atoms with van der Waals surface area (Å²) >= 11 is 5.80. The minimum Gasteiger partial charge on any atom is -0.481 e. The molecule has 3 nitrogen and oxygen atoms in total. The fraction of sp³-hybridized carbons (Fsp3) is 0.188. The SMILES string of the molecule is Cc1cccc(NC(=O)C(C)Oc2ccc(Cl)cc2)c1. The van der Waals surface area contributed by atoms with Gasteiger partial charge < -0.3 is 10.1 Å². The number of amides is 1. The number of aryl methyl sites for hydroxylation is 1. The van der Waals surface area contributed by atoms with Crippen molar-refractivity contribution < 1.29 is 9.53 Å². The summed E-state index contributed by atoms with van der Waals surface area (Å²) in [5.74, 6) is 0.423. The maximum Gasteiger partial charge on any atom is 0.265 e. The molecule has 0 aromatic heterocycles. The molecule has 0 aliphatic heterocycles. The highest BCUT2D eigenvalue weighted by Gasteiger charge is 2.14. The van der Waals surface area contributed by atoms with Crippen molar-refractivity contribution in [2.45, 2.75) is 20.0 Å². The van der Waals surface area contributed by atoms with Crippen LogP contribution in [0.4, 0.5) is 5.69 Å². The Morgan fingerprint density at radius 3 is 2.55 bits per heavy atom. The Kier molecular flexibility index (Phi) is 4.64. The average molecular weight is 290 g/mol. The van der Waals surface area contributed by atoms with Crippen molar-refractivity contribution in [2.75, 3.05) is 5.32 Å². The number of rotatable bonds is 4. The molecule has 2 aromatic carbocycles. The molecular formula is C16H16ClNO2. The van der Waals surface area contributed by atoms with Gasteiger partial charge in [0.15, 0.2) is 6.10 Å². The van der Waals surface area contributed by atoms with Gasteiger partial charge in [-0.1, -0.05) is 23.7 Å². The van der Waals surface area contributed by atoms with E-state index in [-0.39, 0.29) is 5.91 Å². The number of benzene rings is 2. The van der Waals surface area contributed by atoms with Crippen molar-refractivity contribution in [1.82, 2.24) is 0 Å². The predicted octanol–water partition coefficient (Wildman–Crippen LogP) is 4.05. The maximum atomic E-state index is 12.0. The van der Waals surface area contributed by atoms with Gasteiger partial charge in [0.1, 0.15) is 5.75 Å². The van der Waals surface area contributed by atoms with Crippen LogP contribution in [0, 0.1) is 6.92 Å². The summed E-state index contributed by atoms with van der Waals surface area (Å²) < 4.78 is 5.56. The fourth-order valence-electron chi connectivity index (χ4n) is 1.74. The zero-order valence-corrected chi connectivity index (χ0v) is 12.1. The average Bonchev–Trinajstić information content (AvgIpc) is 2.41. The van der Waals surface area contributed by atoms with E-state index in [2.05, 4.69) is 5.32 Å². The van der Waals surface area contributed by atoms with Gasteiger partial charge in [0, 0.05) is 10.7 Å². The van der Waals surface area contributed by atoms with Crippen LogP contribution >= 0.6 is 11.6 Å². The Labute approximate surface area is 123 Å². The quantitative estimate of drug-likeness (QED) is 0.922. The van der Waals surface area contributed by atoms with Crippen LogP contribution in [0.5, 0.6) is 5.75 Å². The minimum absolute atomic E-state index is 0.189. The van der Waals surface area contributed by atoms with E-state index in [9.17, 15) is 4.79 Å². The lowest BCUT2D eigenvalue weighted by Gasteiger charge is -2.15. The summed E-state index contributed by atoms with van der Waals surface area (Å²) in [5.41, 5.74) is 1.86. The van der Waals surface area contributed by atoms with Crippen LogP contribution in [0.3, 0.4) is 0 Å². The molecule has 0 radical (unpaired) electrons. The second kappa shape index (κ2) is 6.44. The summed E-state index contributed by atoms with van der Waals surface area (Å²) in [6.07, 6.45) is -0.586. The molecule has 2 aromatic rings. The number of hydrogen-bond donors (Lipinski definition) is 1. The van der Waals surface area contributed by atoms with Gasteiger partial charge in [-0.25, -0.2) is 0 Å². The molecule has 0 saturated carbocycles. The molecule has 0 spiro atoms. The first-order chi connectivity index (χ1) is 9.54. The Hall–Kier alpha value is -2.00. The zero-order chi connectivity index (χ0) is 14.5. The summed E-state index contributed by atoms with van der Waals surface area (Å²) in [5, 5.41) is 3.46. The van der Waals surface area contributed by atoms with E-state index in [4.69, 9.17) is 16.3 Å². The van der Waals surface area contributed by atoms with Crippen molar-refractivity contribution in [1.29, 1.82) is 0 Å².